The van der Waals surface area contributed by atoms with Gasteiger partial charge in [0.2, 0.25) is 11.1 Å². The Balaban J connectivity index is 1.71. The lowest BCUT2D eigenvalue weighted by molar-refractivity contribution is -0.129. The first-order valence-electron chi connectivity index (χ1n) is 8.29. The molecular formula is C19H21N5OS. The third-order valence-electron chi connectivity index (χ3n) is 3.94. The lowest BCUT2D eigenvalue weighted by Crippen LogP contribution is -2.31. The van der Waals surface area contributed by atoms with Gasteiger partial charge in [-0.1, -0.05) is 72.4 Å². The molecule has 0 aliphatic rings. The van der Waals surface area contributed by atoms with Crippen LogP contribution >= 0.6 is 11.8 Å². The number of nitrogen functional groups attached to an aromatic ring is 1. The maximum atomic E-state index is 12.9. The van der Waals surface area contributed by atoms with Gasteiger partial charge in [-0.15, -0.1) is 10.2 Å². The number of carbonyl (C=O) groups is 1. The third kappa shape index (κ3) is 4.64. The number of aromatic nitrogens is 3. The van der Waals surface area contributed by atoms with Gasteiger partial charge < -0.3 is 10.7 Å². The number of nitrogens with zero attached hydrogens (tertiary/aromatic N) is 4. The second-order valence-electron chi connectivity index (χ2n) is 5.91. The van der Waals surface area contributed by atoms with Crippen LogP contribution in [0.3, 0.4) is 0 Å². The van der Waals surface area contributed by atoms with Crippen molar-refractivity contribution in [1.82, 2.24) is 19.8 Å². The zero-order valence-electron chi connectivity index (χ0n) is 14.6. The fraction of sp³-hybridized carbons (Fsp3) is 0.211. The Morgan fingerprint density at radius 2 is 1.54 bits per heavy atom. The maximum Gasteiger partial charge on any atom is 0.233 e. The lowest BCUT2D eigenvalue weighted by atomic mass is 10.1. The SMILES string of the molecule is Cc1nnc(SCC(=O)N(Cc2ccccc2)Cc2ccccc2)n1N. The molecule has 6 nitrogen and oxygen atoms in total. The van der Waals surface area contributed by atoms with Crippen molar-refractivity contribution in [3.8, 4) is 0 Å². The molecule has 26 heavy (non-hydrogen) atoms. The van der Waals surface area contributed by atoms with E-state index in [1.807, 2.05) is 65.6 Å². The molecule has 0 fully saturated rings. The molecule has 3 aromatic rings. The van der Waals surface area contributed by atoms with Gasteiger partial charge in [0.25, 0.3) is 0 Å². The van der Waals surface area contributed by atoms with E-state index in [4.69, 9.17) is 5.84 Å². The molecule has 0 saturated carbocycles. The zero-order chi connectivity index (χ0) is 18.4. The first kappa shape index (κ1) is 18.0. The second-order valence-corrected chi connectivity index (χ2v) is 6.85. The maximum absolute atomic E-state index is 12.9. The van der Waals surface area contributed by atoms with Gasteiger partial charge in [0.15, 0.2) is 0 Å². The number of carbonyl (C=O) groups excluding carboxylic acids is 1. The fourth-order valence-electron chi connectivity index (χ4n) is 2.51. The summed E-state index contributed by atoms with van der Waals surface area (Å²) in [6.45, 7) is 2.89. The first-order valence-corrected chi connectivity index (χ1v) is 9.27. The monoisotopic (exact) mass is 367 g/mol. The minimum atomic E-state index is 0.0309. The van der Waals surface area contributed by atoms with Crippen molar-refractivity contribution in [2.45, 2.75) is 25.2 Å². The number of hydrogen-bond donors (Lipinski definition) is 1. The molecule has 0 spiro atoms. The number of thioether (sulfide) groups is 1. The summed E-state index contributed by atoms with van der Waals surface area (Å²) in [7, 11) is 0. The van der Waals surface area contributed by atoms with Crippen LogP contribution in [0.15, 0.2) is 65.8 Å². The summed E-state index contributed by atoms with van der Waals surface area (Å²) in [6.07, 6.45) is 0. The molecular weight excluding hydrogens is 346 g/mol. The second kappa shape index (κ2) is 8.53. The Bertz CT molecular complexity index is 809. The van der Waals surface area contributed by atoms with Crippen LogP contribution in [0, 0.1) is 6.92 Å². The fourth-order valence-corrected chi connectivity index (χ4v) is 3.31. The topological polar surface area (TPSA) is 77.0 Å². The molecule has 1 amide bonds. The molecule has 1 heterocycles. The average Bonchev–Trinajstić information content (AvgIpc) is 2.99. The van der Waals surface area contributed by atoms with Crippen molar-refractivity contribution >= 4 is 17.7 Å². The van der Waals surface area contributed by atoms with E-state index in [-0.39, 0.29) is 11.7 Å². The predicted octanol–water partition coefficient (Wildman–Crippen LogP) is 2.62. The van der Waals surface area contributed by atoms with E-state index in [0.717, 1.165) is 11.1 Å². The van der Waals surface area contributed by atoms with E-state index >= 15 is 0 Å². The summed E-state index contributed by atoms with van der Waals surface area (Å²) in [5, 5.41) is 8.45. The standard InChI is InChI=1S/C19H21N5OS/c1-15-21-22-19(24(15)20)26-14-18(25)23(12-16-8-4-2-5-9-16)13-17-10-6-3-7-11-17/h2-11H,12-14,20H2,1H3. The molecule has 0 atom stereocenters. The predicted molar refractivity (Wildman–Crippen MR) is 103 cm³/mol. The molecule has 0 bridgehead atoms. The number of hydrogen-bond acceptors (Lipinski definition) is 5. The number of aryl methyl sites for hydroxylation is 1. The van der Waals surface area contributed by atoms with Gasteiger partial charge in [0, 0.05) is 13.1 Å². The van der Waals surface area contributed by atoms with Crippen LogP contribution in [0.2, 0.25) is 0 Å². The highest BCUT2D eigenvalue weighted by molar-refractivity contribution is 7.99. The van der Waals surface area contributed by atoms with Crippen LogP contribution in [0.4, 0.5) is 0 Å². The Kier molecular flexibility index (Phi) is 5.91. The van der Waals surface area contributed by atoms with Crippen LogP contribution in [-0.2, 0) is 17.9 Å². The highest BCUT2D eigenvalue weighted by atomic mass is 32.2. The van der Waals surface area contributed by atoms with E-state index in [1.165, 1.54) is 16.4 Å². The molecule has 1 aromatic heterocycles. The van der Waals surface area contributed by atoms with Crippen LogP contribution in [0.5, 0.6) is 0 Å². The van der Waals surface area contributed by atoms with E-state index in [0.29, 0.717) is 24.1 Å². The molecule has 0 unspecified atom stereocenters. The molecule has 3 rings (SSSR count). The van der Waals surface area contributed by atoms with Crippen molar-refractivity contribution in [3.63, 3.8) is 0 Å². The van der Waals surface area contributed by atoms with Crippen molar-refractivity contribution in [3.05, 3.63) is 77.6 Å². The number of nitrogens with two attached hydrogens (primary N) is 1. The van der Waals surface area contributed by atoms with Crippen LogP contribution < -0.4 is 5.84 Å². The minimum Gasteiger partial charge on any atom is -0.336 e. The van der Waals surface area contributed by atoms with Crippen molar-refractivity contribution in [1.29, 1.82) is 0 Å². The highest BCUT2D eigenvalue weighted by Crippen LogP contribution is 2.17. The van der Waals surface area contributed by atoms with Crippen LogP contribution in [0.1, 0.15) is 17.0 Å². The van der Waals surface area contributed by atoms with Crippen LogP contribution in [0.25, 0.3) is 0 Å². The molecule has 0 aliphatic carbocycles. The third-order valence-corrected chi connectivity index (χ3v) is 4.87. The first-order chi connectivity index (χ1) is 12.6. The van der Waals surface area contributed by atoms with Gasteiger partial charge in [-0.25, -0.2) is 4.68 Å². The van der Waals surface area contributed by atoms with E-state index in [2.05, 4.69) is 10.2 Å². The van der Waals surface area contributed by atoms with E-state index in [9.17, 15) is 4.79 Å². The van der Waals surface area contributed by atoms with Gasteiger partial charge in [-0.2, -0.15) is 0 Å². The Labute approximate surface area is 157 Å². The quantitative estimate of drug-likeness (QED) is 0.513. The molecule has 134 valence electrons. The van der Waals surface area contributed by atoms with Gasteiger partial charge in [-0.3, -0.25) is 4.79 Å². The molecule has 0 radical (unpaired) electrons. The zero-order valence-corrected chi connectivity index (χ0v) is 15.4. The Morgan fingerprint density at radius 3 is 2.00 bits per heavy atom. The molecule has 0 saturated heterocycles. The summed E-state index contributed by atoms with van der Waals surface area (Å²) < 4.78 is 1.40. The Hall–Kier alpha value is -2.80. The number of amides is 1. The van der Waals surface area contributed by atoms with Gasteiger partial charge >= 0.3 is 0 Å². The van der Waals surface area contributed by atoms with E-state index < -0.39 is 0 Å². The smallest absolute Gasteiger partial charge is 0.233 e. The highest BCUT2D eigenvalue weighted by Gasteiger charge is 2.17. The average molecular weight is 367 g/mol. The molecule has 2 aromatic carbocycles. The number of rotatable bonds is 7. The summed E-state index contributed by atoms with van der Waals surface area (Å²) in [4.78, 5) is 14.7. The van der Waals surface area contributed by atoms with E-state index in [1.54, 1.807) is 6.92 Å². The normalized spacial score (nSPS) is 10.7. The van der Waals surface area contributed by atoms with Crippen molar-refractivity contribution < 1.29 is 4.79 Å². The van der Waals surface area contributed by atoms with Crippen molar-refractivity contribution in [2.75, 3.05) is 11.6 Å². The summed E-state index contributed by atoms with van der Waals surface area (Å²) in [6, 6.07) is 20.0. The number of benzene rings is 2. The van der Waals surface area contributed by atoms with Crippen LogP contribution in [-0.4, -0.2) is 31.4 Å². The van der Waals surface area contributed by atoms with Gasteiger partial charge in [0.05, 0.1) is 5.75 Å². The Morgan fingerprint density at radius 1 is 1.00 bits per heavy atom. The molecule has 2 N–H and O–H groups in total. The molecule has 7 heteroatoms. The largest absolute Gasteiger partial charge is 0.336 e. The summed E-state index contributed by atoms with van der Waals surface area (Å²) in [5.74, 6) is 6.76. The molecule has 0 aliphatic heterocycles. The van der Waals surface area contributed by atoms with Gasteiger partial charge in [0.1, 0.15) is 5.82 Å². The summed E-state index contributed by atoms with van der Waals surface area (Å²) in [5.41, 5.74) is 2.19. The lowest BCUT2D eigenvalue weighted by Gasteiger charge is -2.23. The van der Waals surface area contributed by atoms with Crippen molar-refractivity contribution in [2.24, 2.45) is 0 Å². The summed E-state index contributed by atoms with van der Waals surface area (Å²) >= 11 is 1.30. The minimum absolute atomic E-state index is 0.0309. The van der Waals surface area contributed by atoms with Gasteiger partial charge in [-0.05, 0) is 18.1 Å².